The zero-order valence-electron chi connectivity index (χ0n) is 11.1. The predicted molar refractivity (Wildman–Crippen MR) is 84.2 cm³/mol. The molecule has 0 bridgehead atoms. The lowest BCUT2D eigenvalue weighted by molar-refractivity contribution is 0.103. The third-order valence-electron chi connectivity index (χ3n) is 2.72. The van der Waals surface area contributed by atoms with E-state index in [9.17, 15) is 4.79 Å². The van der Waals surface area contributed by atoms with E-state index in [1.54, 1.807) is 13.2 Å². The number of thiophene rings is 1. The van der Waals surface area contributed by atoms with Crippen molar-refractivity contribution in [1.82, 2.24) is 9.36 Å². The zero-order chi connectivity index (χ0) is 14.7. The number of methoxy groups -OCH3 is 1. The highest BCUT2D eigenvalue weighted by Crippen LogP contribution is 2.24. The number of nitrogens with one attached hydrogen (secondary N) is 1. The van der Waals surface area contributed by atoms with Gasteiger partial charge in [-0.1, -0.05) is 18.2 Å². The van der Waals surface area contributed by atoms with Gasteiger partial charge in [-0.05, 0) is 23.6 Å². The van der Waals surface area contributed by atoms with Gasteiger partial charge in [-0.2, -0.15) is 9.36 Å². The highest BCUT2D eigenvalue weighted by atomic mass is 32.1. The minimum atomic E-state index is -0.168. The summed E-state index contributed by atoms with van der Waals surface area (Å²) in [6, 6.07) is 11.1. The van der Waals surface area contributed by atoms with Crippen LogP contribution in [-0.2, 0) is 0 Å². The number of carbonyl (C=O) groups is 1. The molecule has 1 aromatic carbocycles. The lowest BCUT2D eigenvalue weighted by Crippen LogP contribution is -2.09. The van der Waals surface area contributed by atoms with Gasteiger partial charge in [0.25, 0.3) is 5.91 Å². The Hall–Kier alpha value is -2.25. The van der Waals surface area contributed by atoms with E-state index in [1.807, 2.05) is 35.7 Å². The third-order valence-corrected chi connectivity index (χ3v) is 4.22. The summed E-state index contributed by atoms with van der Waals surface area (Å²) in [4.78, 5) is 16.9. The average molecular weight is 317 g/mol. The van der Waals surface area contributed by atoms with Crippen molar-refractivity contribution in [2.24, 2.45) is 0 Å². The van der Waals surface area contributed by atoms with Crippen LogP contribution in [0, 0.1) is 0 Å². The normalized spacial score (nSPS) is 10.3. The Morgan fingerprint density at radius 3 is 2.95 bits per heavy atom. The summed E-state index contributed by atoms with van der Waals surface area (Å²) >= 11 is 2.54. The lowest BCUT2D eigenvalue weighted by atomic mass is 10.2. The van der Waals surface area contributed by atoms with Crippen LogP contribution in [0.15, 0.2) is 41.8 Å². The van der Waals surface area contributed by atoms with Gasteiger partial charge in [0.05, 0.1) is 12.0 Å². The number of aromatic nitrogens is 2. The molecule has 7 heteroatoms. The summed E-state index contributed by atoms with van der Waals surface area (Å²) in [5, 5.41) is 5.08. The maximum Gasteiger partial charge on any atom is 0.267 e. The number of carbonyl (C=O) groups excluding carboxylic acids is 1. The Labute approximate surface area is 129 Å². The predicted octanol–water partition coefficient (Wildman–Crippen LogP) is 3.53. The summed E-state index contributed by atoms with van der Waals surface area (Å²) in [5.41, 5.74) is 0.849. The Kier molecular flexibility index (Phi) is 3.94. The van der Waals surface area contributed by atoms with E-state index in [0.29, 0.717) is 15.8 Å². The summed E-state index contributed by atoms with van der Waals surface area (Å²) in [6.07, 6.45) is 0. The first-order valence-electron chi connectivity index (χ1n) is 6.09. The van der Waals surface area contributed by atoms with E-state index in [2.05, 4.69) is 14.7 Å². The van der Waals surface area contributed by atoms with Crippen molar-refractivity contribution in [3.8, 4) is 17.1 Å². The van der Waals surface area contributed by atoms with E-state index in [4.69, 9.17) is 4.74 Å². The molecule has 2 heterocycles. The summed E-state index contributed by atoms with van der Waals surface area (Å²) in [7, 11) is 1.61. The van der Waals surface area contributed by atoms with E-state index >= 15 is 0 Å². The fraction of sp³-hybridized carbons (Fsp3) is 0.0714. The first kappa shape index (κ1) is 13.7. The topological polar surface area (TPSA) is 64.1 Å². The van der Waals surface area contributed by atoms with Crippen molar-refractivity contribution >= 4 is 33.9 Å². The molecule has 0 radical (unpaired) electrons. The smallest absolute Gasteiger partial charge is 0.267 e. The van der Waals surface area contributed by atoms with Gasteiger partial charge in [-0.3, -0.25) is 10.1 Å². The maximum atomic E-state index is 11.9. The van der Waals surface area contributed by atoms with E-state index in [-0.39, 0.29) is 5.91 Å². The van der Waals surface area contributed by atoms with E-state index < -0.39 is 0 Å². The van der Waals surface area contributed by atoms with Crippen molar-refractivity contribution in [2.75, 3.05) is 12.4 Å². The van der Waals surface area contributed by atoms with Gasteiger partial charge in [0.15, 0.2) is 5.82 Å². The van der Waals surface area contributed by atoms with Crippen molar-refractivity contribution in [3.63, 3.8) is 0 Å². The Morgan fingerprint density at radius 1 is 1.29 bits per heavy atom. The number of nitrogens with zero attached hydrogens (tertiary/aromatic N) is 2. The largest absolute Gasteiger partial charge is 0.497 e. The standard InChI is InChI=1S/C14H11N3O2S2/c1-19-10-5-2-4-9(8-10)12-15-14(21-17-12)16-13(18)11-6-3-7-20-11/h2-8H,1H3,(H,15,16,17,18). The summed E-state index contributed by atoms with van der Waals surface area (Å²) in [5.74, 6) is 1.14. The van der Waals surface area contributed by atoms with Crippen molar-refractivity contribution in [1.29, 1.82) is 0 Å². The van der Waals surface area contributed by atoms with Crippen LogP contribution in [0.1, 0.15) is 9.67 Å². The molecule has 1 amide bonds. The van der Waals surface area contributed by atoms with Crippen LogP contribution < -0.4 is 10.1 Å². The second-order valence-electron chi connectivity index (χ2n) is 4.09. The maximum absolute atomic E-state index is 11.9. The van der Waals surface area contributed by atoms with Crippen LogP contribution in [0.2, 0.25) is 0 Å². The van der Waals surface area contributed by atoms with E-state index in [1.165, 1.54) is 11.3 Å². The Morgan fingerprint density at radius 2 is 2.19 bits per heavy atom. The fourth-order valence-corrected chi connectivity index (χ4v) is 2.92. The zero-order valence-corrected chi connectivity index (χ0v) is 12.7. The molecule has 2 aromatic heterocycles. The lowest BCUT2D eigenvalue weighted by Gasteiger charge is -2.00. The molecule has 0 spiro atoms. The van der Waals surface area contributed by atoms with Crippen LogP contribution in [0.3, 0.4) is 0 Å². The molecule has 0 aliphatic rings. The van der Waals surface area contributed by atoms with Gasteiger partial charge < -0.3 is 4.74 Å². The minimum absolute atomic E-state index is 0.168. The van der Waals surface area contributed by atoms with Gasteiger partial charge >= 0.3 is 0 Å². The van der Waals surface area contributed by atoms with Crippen molar-refractivity contribution in [2.45, 2.75) is 0 Å². The minimum Gasteiger partial charge on any atom is -0.497 e. The highest BCUT2D eigenvalue weighted by Gasteiger charge is 2.12. The molecule has 106 valence electrons. The molecule has 3 rings (SSSR count). The molecule has 3 aromatic rings. The van der Waals surface area contributed by atoms with Crippen molar-refractivity contribution in [3.05, 3.63) is 46.7 Å². The monoisotopic (exact) mass is 317 g/mol. The number of ether oxygens (including phenoxy) is 1. The molecule has 0 saturated carbocycles. The molecular weight excluding hydrogens is 306 g/mol. The number of hydrogen-bond acceptors (Lipinski definition) is 6. The molecule has 21 heavy (non-hydrogen) atoms. The molecule has 5 nitrogen and oxygen atoms in total. The number of rotatable bonds is 4. The van der Waals surface area contributed by atoms with E-state index in [0.717, 1.165) is 22.8 Å². The Balaban J connectivity index is 1.78. The van der Waals surface area contributed by atoms with Crippen LogP contribution in [0.25, 0.3) is 11.4 Å². The number of anilines is 1. The Bertz CT molecular complexity index is 753. The van der Waals surface area contributed by atoms with Gasteiger partial charge in [0.1, 0.15) is 5.75 Å². The number of benzene rings is 1. The van der Waals surface area contributed by atoms with Crippen LogP contribution in [0.4, 0.5) is 5.13 Å². The highest BCUT2D eigenvalue weighted by molar-refractivity contribution is 7.12. The van der Waals surface area contributed by atoms with Gasteiger partial charge in [-0.15, -0.1) is 11.3 Å². The summed E-state index contributed by atoms with van der Waals surface area (Å²) in [6.45, 7) is 0. The van der Waals surface area contributed by atoms with Crippen molar-refractivity contribution < 1.29 is 9.53 Å². The first-order chi connectivity index (χ1) is 10.3. The molecule has 0 aliphatic heterocycles. The van der Waals surface area contributed by atoms with Gasteiger partial charge in [-0.25, -0.2) is 0 Å². The molecule has 1 N–H and O–H groups in total. The van der Waals surface area contributed by atoms with Gasteiger partial charge in [0.2, 0.25) is 5.13 Å². The molecule has 0 saturated heterocycles. The molecule has 0 atom stereocenters. The number of amides is 1. The molecule has 0 aliphatic carbocycles. The number of hydrogen-bond donors (Lipinski definition) is 1. The van der Waals surface area contributed by atoms with Gasteiger partial charge in [0, 0.05) is 17.1 Å². The molecular formula is C14H11N3O2S2. The average Bonchev–Trinajstić information content (AvgIpc) is 3.18. The van der Waals surface area contributed by atoms with Crippen LogP contribution >= 0.6 is 22.9 Å². The fourth-order valence-electron chi connectivity index (χ4n) is 1.72. The molecule has 0 fully saturated rings. The second kappa shape index (κ2) is 6.02. The summed E-state index contributed by atoms with van der Waals surface area (Å²) < 4.78 is 9.44. The molecule has 0 unspecified atom stereocenters. The quantitative estimate of drug-likeness (QED) is 0.799. The second-order valence-corrected chi connectivity index (χ2v) is 5.79. The third kappa shape index (κ3) is 3.09. The SMILES string of the molecule is COc1cccc(-c2nsc(NC(=O)c3cccs3)n2)c1. The van der Waals surface area contributed by atoms with Crippen LogP contribution in [-0.4, -0.2) is 22.4 Å². The van der Waals surface area contributed by atoms with Crippen LogP contribution in [0.5, 0.6) is 5.75 Å². The first-order valence-corrected chi connectivity index (χ1v) is 7.74.